The molecule has 0 saturated carbocycles. The number of nitrogens with zero attached hydrogens (tertiary/aromatic N) is 1. The molecule has 98 valence electrons. The molecule has 0 radical (unpaired) electrons. The van der Waals surface area contributed by atoms with Gasteiger partial charge in [-0.15, -0.1) is 0 Å². The number of carbonyl (C=O) groups excluding carboxylic acids is 1. The SMILES string of the molecule is CC1(C)CCCNC1C(=O)N1CCCC1(C)C. The Bertz CT molecular complexity index is 309. The Hall–Kier alpha value is -0.570. The summed E-state index contributed by atoms with van der Waals surface area (Å²) in [5.41, 5.74) is 0.139. The Morgan fingerprint density at radius 2 is 1.88 bits per heavy atom. The monoisotopic (exact) mass is 238 g/mol. The molecule has 0 aromatic rings. The van der Waals surface area contributed by atoms with Gasteiger partial charge in [0.05, 0.1) is 6.04 Å². The summed E-state index contributed by atoms with van der Waals surface area (Å²) in [5, 5.41) is 3.43. The highest BCUT2D eigenvalue weighted by Crippen LogP contribution is 2.35. The van der Waals surface area contributed by atoms with E-state index >= 15 is 0 Å². The zero-order valence-electron chi connectivity index (χ0n) is 11.7. The topological polar surface area (TPSA) is 32.3 Å². The Balaban J connectivity index is 2.14. The Morgan fingerprint density at radius 3 is 2.41 bits per heavy atom. The van der Waals surface area contributed by atoms with Gasteiger partial charge in [0.2, 0.25) is 5.91 Å². The molecule has 1 amide bonds. The average Bonchev–Trinajstić information content (AvgIpc) is 2.56. The van der Waals surface area contributed by atoms with E-state index in [4.69, 9.17) is 0 Å². The van der Waals surface area contributed by atoms with Crippen LogP contribution in [0.3, 0.4) is 0 Å². The molecule has 17 heavy (non-hydrogen) atoms. The van der Waals surface area contributed by atoms with Crippen molar-refractivity contribution in [3.63, 3.8) is 0 Å². The fourth-order valence-corrected chi connectivity index (χ4v) is 3.30. The van der Waals surface area contributed by atoms with Crippen LogP contribution in [0, 0.1) is 5.41 Å². The third-order valence-electron chi connectivity index (χ3n) is 4.54. The lowest BCUT2D eigenvalue weighted by Crippen LogP contribution is -2.59. The number of hydrogen-bond acceptors (Lipinski definition) is 2. The number of amides is 1. The number of rotatable bonds is 1. The minimum Gasteiger partial charge on any atom is -0.336 e. The first-order valence-corrected chi connectivity index (χ1v) is 6.89. The normalized spacial score (nSPS) is 31.5. The van der Waals surface area contributed by atoms with Crippen molar-refractivity contribution in [1.29, 1.82) is 0 Å². The maximum atomic E-state index is 12.7. The largest absolute Gasteiger partial charge is 0.336 e. The van der Waals surface area contributed by atoms with Crippen LogP contribution >= 0.6 is 0 Å². The zero-order chi connectivity index (χ0) is 12.7. The molecule has 0 bridgehead atoms. The Labute approximate surface area is 105 Å². The summed E-state index contributed by atoms with van der Waals surface area (Å²) in [4.78, 5) is 14.8. The number of likely N-dealkylation sites (tertiary alicyclic amines) is 1. The summed E-state index contributed by atoms with van der Waals surface area (Å²) in [6.45, 7) is 10.7. The van der Waals surface area contributed by atoms with Gasteiger partial charge in [0.15, 0.2) is 0 Å². The first-order chi connectivity index (χ1) is 7.84. The quantitative estimate of drug-likeness (QED) is 0.759. The third-order valence-corrected chi connectivity index (χ3v) is 4.54. The molecule has 2 saturated heterocycles. The van der Waals surface area contributed by atoms with Crippen LogP contribution in [-0.4, -0.2) is 35.5 Å². The highest BCUT2D eigenvalue weighted by molar-refractivity contribution is 5.84. The second-order valence-electron chi connectivity index (χ2n) is 6.89. The number of piperidine rings is 1. The van der Waals surface area contributed by atoms with Gasteiger partial charge in [-0.3, -0.25) is 4.79 Å². The molecular weight excluding hydrogens is 212 g/mol. The van der Waals surface area contributed by atoms with Crippen LogP contribution < -0.4 is 5.32 Å². The predicted octanol–water partition coefficient (Wildman–Crippen LogP) is 2.17. The molecule has 1 unspecified atom stereocenters. The molecule has 2 heterocycles. The number of carbonyl (C=O) groups is 1. The summed E-state index contributed by atoms with van der Waals surface area (Å²) in [7, 11) is 0. The Kier molecular flexibility index (Phi) is 3.23. The number of nitrogens with one attached hydrogen (secondary N) is 1. The second-order valence-corrected chi connectivity index (χ2v) is 6.89. The van der Waals surface area contributed by atoms with E-state index in [0.29, 0.717) is 5.91 Å². The lowest BCUT2D eigenvalue weighted by molar-refractivity contribution is -0.140. The maximum absolute atomic E-state index is 12.7. The van der Waals surface area contributed by atoms with Crippen molar-refractivity contribution >= 4 is 5.91 Å². The number of hydrogen-bond donors (Lipinski definition) is 1. The summed E-state index contributed by atoms with van der Waals surface area (Å²) >= 11 is 0. The molecule has 0 spiro atoms. The smallest absolute Gasteiger partial charge is 0.240 e. The van der Waals surface area contributed by atoms with Crippen LogP contribution in [0.15, 0.2) is 0 Å². The standard InChI is InChI=1S/C14H26N2O/c1-13(2)7-5-9-15-11(13)12(17)16-10-6-8-14(16,3)4/h11,15H,5-10H2,1-4H3. The molecular formula is C14H26N2O. The fourth-order valence-electron chi connectivity index (χ4n) is 3.30. The first kappa shape index (κ1) is 12.9. The van der Waals surface area contributed by atoms with E-state index < -0.39 is 0 Å². The second kappa shape index (κ2) is 4.27. The van der Waals surface area contributed by atoms with Crippen LogP contribution in [0.2, 0.25) is 0 Å². The van der Waals surface area contributed by atoms with Gasteiger partial charge in [0.25, 0.3) is 0 Å². The van der Waals surface area contributed by atoms with Crippen LogP contribution in [0.1, 0.15) is 53.4 Å². The van der Waals surface area contributed by atoms with Gasteiger partial charge in [0.1, 0.15) is 0 Å². The Morgan fingerprint density at radius 1 is 1.18 bits per heavy atom. The molecule has 2 fully saturated rings. The lowest BCUT2D eigenvalue weighted by Gasteiger charge is -2.43. The summed E-state index contributed by atoms with van der Waals surface area (Å²) in [5.74, 6) is 0.317. The molecule has 2 aliphatic rings. The van der Waals surface area contributed by atoms with Crippen molar-refractivity contribution in [2.75, 3.05) is 13.1 Å². The van der Waals surface area contributed by atoms with Gasteiger partial charge in [-0.2, -0.15) is 0 Å². The van der Waals surface area contributed by atoms with E-state index in [0.717, 1.165) is 32.4 Å². The van der Waals surface area contributed by atoms with Crippen molar-refractivity contribution in [3.8, 4) is 0 Å². The molecule has 1 atom stereocenters. The van der Waals surface area contributed by atoms with Crippen molar-refractivity contribution in [1.82, 2.24) is 10.2 Å². The third kappa shape index (κ3) is 2.35. The average molecular weight is 238 g/mol. The van der Waals surface area contributed by atoms with E-state index in [1.807, 2.05) is 0 Å². The molecule has 0 aliphatic carbocycles. The maximum Gasteiger partial charge on any atom is 0.240 e. The van der Waals surface area contributed by atoms with E-state index in [1.54, 1.807) is 0 Å². The van der Waals surface area contributed by atoms with Gasteiger partial charge >= 0.3 is 0 Å². The van der Waals surface area contributed by atoms with E-state index in [2.05, 4.69) is 37.9 Å². The van der Waals surface area contributed by atoms with Crippen LogP contribution in [0.25, 0.3) is 0 Å². The summed E-state index contributed by atoms with van der Waals surface area (Å²) in [6, 6.07) is 0.00799. The van der Waals surface area contributed by atoms with E-state index in [1.165, 1.54) is 6.42 Å². The van der Waals surface area contributed by atoms with Gasteiger partial charge in [-0.1, -0.05) is 13.8 Å². The van der Waals surface area contributed by atoms with Crippen LogP contribution in [-0.2, 0) is 4.79 Å². The van der Waals surface area contributed by atoms with Crippen LogP contribution in [0.5, 0.6) is 0 Å². The van der Waals surface area contributed by atoms with Gasteiger partial charge in [-0.05, 0) is 51.5 Å². The molecule has 3 heteroatoms. The van der Waals surface area contributed by atoms with E-state index in [9.17, 15) is 4.79 Å². The van der Waals surface area contributed by atoms with E-state index in [-0.39, 0.29) is 17.0 Å². The summed E-state index contributed by atoms with van der Waals surface area (Å²) < 4.78 is 0. The molecule has 0 aromatic carbocycles. The molecule has 1 N–H and O–H groups in total. The fraction of sp³-hybridized carbons (Fsp3) is 0.929. The highest BCUT2D eigenvalue weighted by atomic mass is 16.2. The zero-order valence-corrected chi connectivity index (χ0v) is 11.7. The van der Waals surface area contributed by atoms with Gasteiger partial charge in [0, 0.05) is 12.1 Å². The minimum atomic E-state index is 0.00799. The van der Waals surface area contributed by atoms with Gasteiger partial charge < -0.3 is 10.2 Å². The summed E-state index contributed by atoms with van der Waals surface area (Å²) in [6.07, 6.45) is 4.60. The van der Waals surface area contributed by atoms with Crippen molar-refractivity contribution in [2.24, 2.45) is 5.41 Å². The minimum absolute atomic E-state index is 0.00799. The molecule has 2 rings (SSSR count). The van der Waals surface area contributed by atoms with Crippen LogP contribution in [0.4, 0.5) is 0 Å². The van der Waals surface area contributed by atoms with Crippen molar-refractivity contribution < 1.29 is 4.79 Å². The van der Waals surface area contributed by atoms with Crippen molar-refractivity contribution in [3.05, 3.63) is 0 Å². The van der Waals surface area contributed by atoms with Crippen molar-refractivity contribution in [2.45, 2.75) is 65.0 Å². The molecule has 0 aromatic heterocycles. The highest BCUT2D eigenvalue weighted by Gasteiger charge is 2.44. The molecule has 3 nitrogen and oxygen atoms in total. The molecule has 2 aliphatic heterocycles. The predicted molar refractivity (Wildman–Crippen MR) is 69.8 cm³/mol. The lowest BCUT2D eigenvalue weighted by atomic mass is 9.76. The van der Waals surface area contributed by atoms with Gasteiger partial charge in [-0.25, -0.2) is 0 Å². The first-order valence-electron chi connectivity index (χ1n) is 6.89.